The molecule has 2 unspecified atom stereocenters. The van der Waals surface area contributed by atoms with Gasteiger partial charge in [0, 0.05) is 37.7 Å². The number of alkyl halides is 3. The number of halogens is 3. The highest BCUT2D eigenvalue weighted by atomic mass is 32.1. The first-order valence-corrected chi connectivity index (χ1v) is 7.02. The summed E-state index contributed by atoms with van der Waals surface area (Å²) in [5.74, 6) is 1.41. The molecule has 8 heteroatoms. The highest BCUT2D eigenvalue weighted by Gasteiger charge is 2.43. The van der Waals surface area contributed by atoms with Crippen LogP contribution in [0.2, 0.25) is 0 Å². The molecule has 19 heavy (non-hydrogen) atoms. The Labute approximate surface area is 113 Å². The molecule has 0 bridgehead atoms. The van der Waals surface area contributed by atoms with Crippen LogP contribution in [0, 0.1) is 18.8 Å². The zero-order valence-corrected chi connectivity index (χ0v) is 11.3. The normalized spacial score (nSPS) is 28.1. The van der Waals surface area contributed by atoms with Crippen molar-refractivity contribution in [3.8, 4) is 0 Å². The van der Waals surface area contributed by atoms with Crippen molar-refractivity contribution in [2.75, 3.05) is 37.6 Å². The Morgan fingerprint density at radius 2 is 1.84 bits per heavy atom. The molecule has 2 aliphatic rings. The van der Waals surface area contributed by atoms with E-state index in [-0.39, 0.29) is 0 Å². The van der Waals surface area contributed by atoms with Gasteiger partial charge in [-0.15, -0.1) is 0 Å². The molecule has 3 rings (SSSR count). The molecule has 106 valence electrons. The summed E-state index contributed by atoms with van der Waals surface area (Å²) in [6.45, 7) is 3.75. The van der Waals surface area contributed by atoms with E-state index in [4.69, 9.17) is 0 Å². The molecule has 0 radical (unpaired) electrons. The van der Waals surface area contributed by atoms with Gasteiger partial charge in [0.2, 0.25) is 5.13 Å². The van der Waals surface area contributed by atoms with E-state index in [0.717, 1.165) is 24.0 Å². The lowest BCUT2D eigenvalue weighted by Crippen LogP contribution is -2.35. The van der Waals surface area contributed by atoms with Crippen LogP contribution in [0.3, 0.4) is 0 Å². The largest absolute Gasteiger partial charge is 0.401 e. The zero-order chi connectivity index (χ0) is 13.6. The number of rotatable bonds is 2. The first kappa shape index (κ1) is 13.1. The molecule has 0 N–H and O–H groups in total. The van der Waals surface area contributed by atoms with Crippen LogP contribution in [0.4, 0.5) is 18.3 Å². The number of aryl methyl sites for hydroxylation is 1. The number of nitrogens with zero attached hydrogens (tertiary/aromatic N) is 4. The summed E-state index contributed by atoms with van der Waals surface area (Å²) in [6.07, 6.45) is -4.09. The average Bonchev–Trinajstić information content (AvgIpc) is 2.88. The summed E-state index contributed by atoms with van der Waals surface area (Å²) in [5.41, 5.74) is 0. The monoisotopic (exact) mass is 292 g/mol. The molecule has 0 amide bonds. The quantitative estimate of drug-likeness (QED) is 0.832. The first-order chi connectivity index (χ1) is 8.90. The summed E-state index contributed by atoms with van der Waals surface area (Å²) < 4.78 is 41.2. The van der Waals surface area contributed by atoms with Gasteiger partial charge >= 0.3 is 6.18 Å². The van der Waals surface area contributed by atoms with E-state index in [0.29, 0.717) is 24.9 Å². The summed E-state index contributed by atoms with van der Waals surface area (Å²) in [5, 5.41) is 0.897. The van der Waals surface area contributed by atoms with Crippen molar-refractivity contribution in [3.63, 3.8) is 0 Å². The van der Waals surface area contributed by atoms with Gasteiger partial charge < -0.3 is 4.90 Å². The Hall–Kier alpha value is -0.890. The minimum atomic E-state index is -4.09. The number of hydrogen-bond acceptors (Lipinski definition) is 5. The molecule has 0 spiro atoms. The molecule has 1 aromatic heterocycles. The van der Waals surface area contributed by atoms with E-state index < -0.39 is 12.7 Å². The molecule has 2 fully saturated rings. The third-order valence-corrected chi connectivity index (χ3v) is 4.62. The molecule has 4 nitrogen and oxygen atoms in total. The summed E-state index contributed by atoms with van der Waals surface area (Å²) in [4.78, 5) is 8.02. The summed E-state index contributed by atoms with van der Waals surface area (Å²) in [6, 6.07) is 0. The van der Waals surface area contributed by atoms with Gasteiger partial charge in [0.1, 0.15) is 5.82 Å². The zero-order valence-electron chi connectivity index (χ0n) is 10.5. The molecule has 0 aromatic carbocycles. The van der Waals surface area contributed by atoms with Crippen molar-refractivity contribution in [2.24, 2.45) is 11.8 Å². The maximum absolute atomic E-state index is 12.4. The fourth-order valence-corrected chi connectivity index (χ4v) is 3.74. The van der Waals surface area contributed by atoms with Crippen LogP contribution < -0.4 is 4.90 Å². The van der Waals surface area contributed by atoms with E-state index in [1.807, 2.05) is 6.92 Å². The van der Waals surface area contributed by atoms with Gasteiger partial charge in [0.05, 0.1) is 6.54 Å². The van der Waals surface area contributed by atoms with E-state index in [2.05, 4.69) is 14.3 Å². The van der Waals surface area contributed by atoms with E-state index in [1.165, 1.54) is 16.4 Å². The summed E-state index contributed by atoms with van der Waals surface area (Å²) in [7, 11) is 0. The Balaban J connectivity index is 1.59. The van der Waals surface area contributed by atoms with Crippen LogP contribution in [0.5, 0.6) is 0 Å². The van der Waals surface area contributed by atoms with E-state index >= 15 is 0 Å². The Morgan fingerprint density at radius 3 is 2.32 bits per heavy atom. The van der Waals surface area contributed by atoms with E-state index in [1.54, 1.807) is 0 Å². The van der Waals surface area contributed by atoms with Crippen molar-refractivity contribution in [2.45, 2.75) is 13.1 Å². The minimum Gasteiger partial charge on any atom is -0.346 e. The molecular formula is C11H15F3N4S. The van der Waals surface area contributed by atoms with E-state index in [9.17, 15) is 13.2 Å². The van der Waals surface area contributed by atoms with Crippen molar-refractivity contribution in [3.05, 3.63) is 5.82 Å². The second kappa shape index (κ2) is 4.59. The van der Waals surface area contributed by atoms with Crippen molar-refractivity contribution in [1.82, 2.24) is 14.3 Å². The van der Waals surface area contributed by atoms with Crippen molar-refractivity contribution < 1.29 is 13.2 Å². The smallest absolute Gasteiger partial charge is 0.346 e. The second-order valence-electron chi connectivity index (χ2n) is 5.36. The van der Waals surface area contributed by atoms with Crippen molar-refractivity contribution >= 4 is 16.7 Å². The maximum Gasteiger partial charge on any atom is 0.401 e. The van der Waals surface area contributed by atoms with Gasteiger partial charge in [-0.05, 0) is 18.8 Å². The van der Waals surface area contributed by atoms with Crippen LogP contribution in [0.1, 0.15) is 5.82 Å². The number of hydrogen-bond donors (Lipinski definition) is 0. The summed E-state index contributed by atoms with van der Waals surface area (Å²) >= 11 is 1.37. The van der Waals surface area contributed by atoms with Crippen LogP contribution in [-0.4, -0.2) is 53.2 Å². The average molecular weight is 292 g/mol. The number of anilines is 1. The predicted molar refractivity (Wildman–Crippen MR) is 66.3 cm³/mol. The standard InChI is InChI=1S/C11H15F3N4S/c1-7-15-10(19-16-7)18-4-8-2-17(3-9(8)5-18)6-11(12,13)14/h8-9H,2-6H2,1H3. The molecule has 2 aliphatic heterocycles. The third kappa shape index (κ3) is 2.84. The van der Waals surface area contributed by atoms with Crippen LogP contribution in [0.25, 0.3) is 0 Å². The van der Waals surface area contributed by atoms with Gasteiger partial charge in [-0.2, -0.15) is 17.5 Å². The SMILES string of the molecule is Cc1nsc(N2CC3CN(CC(F)(F)F)CC3C2)n1. The Bertz CT molecular complexity index is 447. The minimum absolute atomic E-state index is 0.326. The van der Waals surface area contributed by atoms with Crippen LogP contribution >= 0.6 is 11.5 Å². The molecule has 1 aromatic rings. The van der Waals surface area contributed by atoms with Crippen LogP contribution in [0.15, 0.2) is 0 Å². The van der Waals surface area contributed by atoms with Gasteiger partial charge in [0.15, 0.2) is 0 Å². The number of fused-ring (bicyclic) bond motifs is 1. The van der Waals surface area contributed by atoms with Gasteiger partial charge in [0.25, 0.3) is 0 Å². The number of likely N-dealkylation sites (tertiary alicyclic amines) is 1. The third-order valence-electron chi connectivity index (χ3n) is 3.75. The van der Waals surface area contributed by atoms with Crippen LogP contribution in [-0.2, 0) is 0 Å². The van der Waals surface area contributed by atoms with Gasteiger partial charge in [-0.1, -0.05) is 0 Å². The first-order valence-electron chi connectivity index (χ1n) is 6.25. The predicted octanol–water partition coefficient (Wildman–Crippen LogP) is 1.78. The van der Waals surface area contributed by atoms with Crippen molar-refractivity contribution in [1.29, 1.82) is 0 Å². The molecule has 0 saturated carbocycles. The second-order valence-corrected chi connectivity index (χ2v) is 6.09. The fourth-order valence-electron chi connectivity index (χ4n) is 3.04. The highest BCUT2D eigenvalue weighted by Crippen LogP contribution is 2.35. The lowest BCUT2D eigenvalue weighted by atomic mass is 10.0. The fraction of sp³-hybridized carbons (Fsp3) is 0.818. The molecule has 2 saturated heterocycles. The maximum atomic E-state index is 12.4. The topological polar surface area (TPSA) is 32.3 Å². The highest BCUT2D eigenvalue weighted by molar-refractivity contribution is 7.09. The number of aromatic nitrogens is 2. The van der Waals surface area contributed by atoms with Gasteiger partial charge in [-0.25, -0.2) is 4.98 Å². The Kier molecular flexibility index (Phi) is 3.17. The molecular weight excluding hydrogens is 277 g/mol. The lowest BCUT2D eigenvalue weighted by molar-refractivity contribution is -0.144. The van der Waals surface area contributed by atoms with Gasteiger partial charge in [-0.3, -0.25) is 4.90 Å². The molecule has 3 heterocycles. The Morgan fingerprint density at radius 1 is 1.21 bits per heavy atom. The molecule has 0 aliphatic carbocycles. The lowest BCUT2D eigenvalue weighted by Gasteiger charge is -2.21. The molecule has 2 atom stereocenters.